The zero-order valence-corrected chi connectivity index (χ0v) is 13.9. The second-order valence-corrected chi connectivity index (χ2v) is 5.03. The fourth-order valence-corrected chi connectivity index (χ4v) is 1.93. The summed E-state index contributed by atoms with van der Waals surface area (Å²) >= 11 is 0. The lowest BCUT2D eigenvalue weighted by Crippen LogP contribution is -2.17. The van der Waals surface area contributed by atoms with Gasteiger partial charge in [-0.3, -0.25) is 4.79 Å². The summed E-state index contributed by atoms with van der Waals surface area (Å²) in [4.78, 5) is 16.9. The maximum atomic E-state index is 11.9. The Labute approximate surface area is 141 Å². The van der Waals surface area contributed by atoms with Gasteiger partial charge < -0.3 is 19.6 Å². The van der Waals surface area contributed by atoms with Gasteiger partial charge in [-0.2, -0.15) is 0 Å². The van der Waals surface area contributed by atoms with Gasteiger partial charge in [0.2, 0.25) is 0 Å². The van der Waals surface area contributed by atoms with Gasteiger partial charge in [0, 0.05) is 6.07 Å². The zero-order valence-electron chi connectivity index (χ0n) is 13.9. The summed E-state index contributed by atoms with van der Waals surface area (Å²) < 4.78 is 10.3. The fourth-order valence-electron chi connectivity index (χ4n) is 1.93. The predicted molar refractivity (Wildman–Crippen MR) is 92.9 cm³/mol. The van der Waals surface area contributed by atoms with Gasteiger partial charge in [-0.25, -0.2) is 0 Å². The quantitative estimate of drug-likeness (QED) is 0.626. The molecule has 1 amide bonds. The molecule has 24 heavy (non-hydrogen) atoms. The van der Waals surface area contributed by atoms with Crippen LogP contribution in [0.5, 0.6) is 11.5 Å². The Kier molecular flexibility index (Phi) is 6.19. The highest BCUT2D eigenvalue weighted by Gasteiger charge is 2.09. The summed E-state index contributed by atoms with van der Waals surface area (Å²) in [7, 11) is 3.08. The number of carbonyl (C=O) groups is 1. The van der Waals surface area contributed by atoms with E-state index in [9.17, 15) is 4.79 Å². The van der Waals surface area contributed by atoms with Crippen LogP contribution in [0.1, 0.15) is 11.1 Å². The summed E-state index contributed by atoms with van der Waals surface area (Å²) in [6, 6.07) is 12.9. The second-order valence-electron chi connectivity index (χ2n) is 5.03. The molecule has 0 fully saturated rings. The number of anilines is 1. The Morgan fingerprint density at radius 1 is 1.12 bits per heavy atom. The van der Waals surface area contributed by atoms with Crippen molar-refractivity contribution in [3.63, 3.8) is 0 Å². The number of hydrogen-bond donors (Lipinski definition) is 1. The van der Waals surface area contributed by atoms with Crippen LogP contribution in [-0.4, -0.2) is 32.9 Å². The van der Waals surface area contributed by atoms with E-state index in [2.05, 4.69) is 10.5 Å². The maximum absolute atomic E-state index is 11.9. The maximum Gasteiger partial charge on any atom is 0.265 e. The van der Waals surface area contributed by atoms with E-state index in [0.29, 0.717) is 17.2 Å². The zero-order chi connectivity index (χ0) is 17.4. The number of ether oxygens (including phenoxy) is 2. The predicted octanol–water partition coefficient (Wildman–Crippen LogP) is 3.00. The number of amides is 1. The number of aryl methyl sites for hydroxylation is 1. The Morgan fingerprint density at radius 3 is 2.54 bits per heavy atom. The van der Waals surface area contributed by atoms with Crippen molar-refractivity contribution in [3.8, 4) is 11.5 Å². The van der Waals surface area contributed by atoms with Gasteiger partial charge in [-0.15, -0.1) is 0 Å². The molecule has 0 bridgehead atoms. The van der Waals surface area contributed by atoms with Crippen LogP contribution < -0.4 is 14.8 Å². The number of methoxy groups -OCH3 is 2. The van der Waals surface area contributed by atoms with Gasteiger partial charge in [0.1, 0.15) is 11.5 Å². The summed E-state index contributed by atoms with van der Waals surface area (Å²) in [5.74, 6) is 0.814. The number of carbonyl (C=O) groups excluding carboxylic acids is 1. The molecule has 2 aromatic carbocycles. The van der Waals surface area contributed by atoms with Crippen LogP contribution in [0.15, 0.2) is 47.6 Å². The molecule has 2 rings (SSSR count). The first-order valence-corrected chi connectivity index (χ1v) is 7.36. The molecule has 0 radical (unpaired) electrons. The molecule has 0 aliphatic carbocycles. The minimum Gasteiger partial charge on any atom is -0.497 e. The fraction of sp³-hybridized carbons (Fsp3) is 0.222. The van der Waals surface area contributed by atoms with E-state index in [4.69, 9.17) is 14.3 Å². The van der Waals surface area contributed by atoms with Crippen LogP contribution in [-0.2, 0) is 9.63 Å². The van der Waals surface area contributed by atoms with Crippen molar-refractivity contribution in [1.82, 2.24) is 0 Å². The van der Waals surface area contributed by atoms with Crippen molar-refractivity contribution in [2.45, 2.75) is 6.92 Å². The average Bonchev–Trinajstić information content (AvgIpc) is 2.60. The molecule has 0 unspecified atom stereocenters. The van der Waals surface area contributed by atoms with E-state index in [-0.39, 0.29) is 12.5 Å². The van der Waals surface area contributed by atoms with E-state index in [1.807, 2.05) is 31.2 Å². The number of rotatable bonds is 7. The highest BCUT2D eigenvalue weighted by Crippen LogP contribution is 2.28. The third-order valence-electron chi connectivity index (χ3n) is 3.23. The Hall–Kier alpha value is -3.02. The van der Waals surface area contributed by atoms with E-state index >= 15 is 0 Å². The van der Waals surface area contributed by atoms with E-state index < -0.39 is 0 Å². The highest BCUT2D eigenvalue weighted by atomic mass is 16.6. The minimum atomic E-state index is -0.334. The van der Waals surface area contributed by atoms with Gasteiger partial charge in [0.25, 0.3) is 5.91 Å². The highest BCUT2D eigenvalue weighted by molar-refractivity contribution is 5.93. The molecule has 0 atom stereocenters. The lowest BCUT2D eigenvalue weighted by molar-refractivity contribution is -0.120. The van der Waals surface area contributed by atoms with E-state index in [1.54, 1.807) is 31.5 Å². The third kappa shape index (κ3) is 5.01. The Morgan fingerprint density at radius 2 is 1.88 bits per heavy atom. The second kappa shape index (κ2) is 8.57. The van der Waals surface area contributed by atoms with Crippen LogP contribution >= 0.6 is 0 Å². The van der Waals surface area contributed by atoms with Crippen molar-refractivity contribution in [3.05, 3.63) is 53.6 Å². The molecule has 0 spiro atoms. The van der Waals surface area contributed by atoms with Crippen LogP contribution in [0, 0.1) is 6.92 Å². The van der Waals surface area contributed by atoms with Crippen molar-refractivity contribution < 1.29 is 19.1 Å². The van der Waals surface area contributed by atoms with Crippen LogP contribution in [0.4, 0.5) is 5.69 Å². The molecule has 0 saturated carbocycles. The largest absolute Gasteiger partial charge is 0.497 e. The van der Waals surface area contributed by atoms with Crippen molar-refractivity contribution in [1.29, 1.82) is 0 Å². The molecule has 126 valence electrons. The third-order valence-corrected chi connectivity index (χ3v) is 3.23. The van der Waals surface area contributed by atoms with Crippen LogP contribution in [0.3, 0.4) is 0 Å². The molecule has 6 heteroatoms. The number of nitrogens with one attached hydrogen (secondary N) is 1. The smallest absolute Gasteiger partial charge is 0.265 e. The van der Waals surface area contributed by atoms with Crippen LogP contribution in [0.25, 0.3) is 0 Å². The minimum absolute atomic E-state index is 0.197. The van der Waals surface area contributed by atoms with Crippen molar-refractivity contribution in [2.75, 3.05) is 26.1 Å². The van der Waals surface area contributed by atoms with Gasteiger partial charge in [-0.05, 0) is 24.6 Å². The van der Waals surface area contributed by atoms with Gasteiger partial charge in [0.05, 0.1) is 26.1 Å². The molecular weight excluding hydrogens is 308 g/mol. The van der Waals surface area contributed by atoms with E-state index in [0.717, 1.165) is 5.56 Å². The number of benzene rings is 2. The summed E-state index contributed by atoms with van der Waals surface area (Å²) in [6.45, 7) is 1.81. The number of hydrogen-bond acceptors (Lipinski definition) is 5. The number of oxime groups is 1. The molecule has 0 aliphatic rings. The molecule has 0 aliphatic heterocycles. The Bertz CT molecular complexity index is 711. The summed E-state index contributed by atoms with van der Waals surface area (Å²) in [6.07, 6.45) is 1.56. The number of nitrogens with zero attached hydrogens (tertiary/aromatic N) is 1. The van der Waals surface area contributed by atoms with Gasteiger partial charge in [-0.1, -0.05) is 35.0 Å². The monoisotopic (exact) mass is 328 g/mol. The summed E-state index contributed by atoms with van der Waals surface area (Å²) in [5.41, 5.74) is 2.60. The Balaban J connectivity index is 1.86. The van der Waals surface area contributed by atoms with Crippen molar-refractivity contribution in [2.24, 2.45) is 5.16 Å². The molecule has 0 aromatic heterocycles. The molecular formula is C18H20N2O4. The molecule has 0 saturated heterocycles. The molecule has 6 nitrogen and oxygen atoms in total. The molecule has 2 aromatic rings. The summed E-state index contributed by atoms with van der Waals surface area (Å²) in [5, 5.41) is 6.49. The van der Waals surface area contributed by atoms with Crippen molar-refractivity contribution >= 4 is 17.8 Å². The van der Waals surface area contributed by atoms with Crippen LogP contribution in [0.2, 0.25) is 0 Å². The van der Waals surface area contributed by atoms with Gasteiger partial charge >= 0.3 is 0 Å². The van der Waals surface area contributed by atoms with Gasteiger partial charge in [0.15, 0.2) is 6.61 Å². The van der Waals surface area contributed by atoms with E-state index in [1.165, 1.54) is 12.7 Å². The normalized spacial score (nSPS) is 10.5. The molecule has 1 N–H and O–H groups in total. The first-order valence-electron chi connectivity index (χ1n) is 7.36. The SMILES string of the molecule is COc1ccc(NC(=O)CO/N=C\c2ccc(C)cc2)c(OC)c1. The topological polar surface area (TPSA) is 69.2 Å². The first-order chi connectivity index (χ1) is 11.6. The standard InChI is InChI=1S/C18H20N2O4/c1-13-4-6-14(7-5-13)11-19-24-12-18(21)20-16-9-8-15(22-2)10-17(16)23-3/h4-11H,12H2,1-3H3,(H,20,21)/b19-11-. The average molecular weight is 328 g/mol. The first kappa shape index (κ1) is 17.3. The lowest BCUT2D eigenvalue weighted by Gasteiger charge is -2.11. The molecule has 0 heterocycles. The lowest BCUT2D eigenvalue weighted by atomic mass is 10.2.